The van der Waals surface area contributed by atoms with Crippen LogP contribution in [-0.2, 0) is 38.5 Å². The molecule has 0 atom stereocenters. The van der Waals surface area contributed by atoms with E-state index in [2.05, 4.69) is 34.2 Å². The normalized spacial score (nSPS) is 12.2. The van der Waals surface area contributed by atoms with E-state index in [1.54, 1.807) is 26.4 Å². The predicted molar refractivity (Wildman–Crippen MR) is 173 cm³/mol. The lowest BCUT2D eigenvalue weighted by molar-refractivity contribution is -0.125. The highest BCUT2D eigenvalue weighted by atomic mass is 32.2. The minimum absolute atomic E-state index is 0.0146. The van der Waals surface area contributed by atoms with E-state index >= 15 is 0 Å². The lowest BCUT2D eigenvalue weighted by Crippen LogP contribution is -2.49. The zero-order valence-corrected chi connectivity index (χ0v) is 27.0. The zero-order valence-electron chi connectivity index (χ0n) is 25.3. The number of nitrogens with zero attached hydrogens (tertiary/aromatic N) is 2. The Hall–Kier alpha value is -4.28. The van der Waals surface area contributed by atoms with Gasteiger partial charge in [0.05, 0.1) is 36.3 Å². The Balaban J connectivity index is 1.64. The Bertz CT molecular complexity index is 1810. The molecule has 0 saturated carbocycles. The number of hydrogen-bond acceptors (Lipinski definition) is 8. The maximum atomic E-state index is 14.6. The zero-order chi connectivity index (χ0) is 31.5. The van der Waals surface area contributed by atoms with Gasteiger partial charge in [-0.3, -0.25) is 4.79 Å². The summed E-state index contributed by atoms with van der Waals surface area (Å²) in [6, 6.07) is 27.0. The minimum Gasteiger partial charge on any atom is -0.497 e. The van der Waals surface area contributed by atoms with E-state index in [4.69, 9.17) is 9.47 Å². The van der Waals surface area contributed by atoms with Crippen LogP contribution in [0.2, 0.25) is 0 Å². The summed E-state index contributed by atoms with van der Waals surface area (Å²) in [7, 11) is -1.04. The third kappa shape index (κ3) is 6.61. The molecule has 5 rings (SSSR count). The van der Waals surface area contributed by atoms with Crippen LogP contribution >= 0.6 is 11.7 Å². The summed E-state index contributed by atoms with van der Waals surface area (Å²) >= 11 is 1.08. The van der Waals surface area contributed by atoms with Crippen LogP contribution in [0.4, 0.5) is 0 Å². The van der Waals surface area contributed by atoms with E-state index in [-0.39, 0.29) is 23.2 Å². The molecule has 5 aromatic rings. The number of carbonyl (C=O) groups excluding carboxylic acids is 1. The van der Waals surface area contributed by atoms with Gasteiger partial charge in [-0.05, 0) is 89.0 Å². The fraction of sp³-hybridized carbons (Fsp3) is 0.265. The summed E-state index contributed by atoms with van der Waals surface area (Å²) in [5, 5.41) is 0. The number of methoxy groups -OCH3 is 2. The van der Waals surface area contributed by atoms with Gasteiger partial charge in [-0.2, -0.15) is 8.75 Å². The van der Waals surface area contributed by atoms with Crippen LogP contribution in [0.3, 0.4) is 0 Å². The van der Waals surface area contributed by atoms with Gasteiger partial charge < -0.3 is 9.47 Å². The van der Waals surface area contributed by atoms with Crippen molar-refractivity contribution in [1.29, 1.82) is 0 Å². The number of aromatic nitrogens is 2. The first-order chi connectivity index (χ1) is 20.9. The Morgan fingerprint density at radius 2 is 1.23 bits per heavy atom. The molecule has 0 radical (unpaired) electrons. The standard InChI is InChI=1S/C34H35N3O5S2/c1-33(2,3)25-10-17-29(18-11-25)44(39,40)37-32(38)34(21-23-6-13-27(41-4)14-7-23,22-24-8-15-28(42-5)16-9-24)26-12-19-30-31(20-26)36-43-35-30/h6-20H,21-22H2,1-5H3,(H,37,38). The highest BCUT2D eigenvalue weighted by Gasteiger charge is 2.43. The largest absolute Gasteiger partial charge is 0.497 e. The first kappa shape index (κ1) is 31.2. The van der Waals surface area contributed by atoms with Gasteiger partial charge >= 0.3 is 0 Å². The molecule has 1 aromatic heterocycles. The molecule has 0 aliphatic carbocycles. The van der Waals surface area contributed by atoms with E-state index in [9.17, 15) is 13.2 Å². The molecule has 1 amide bonds. The van der Waals surface area contributed by atoms with Crippen molar-refractivity contribution in [3.05, 3.63) is 113 Å². The first-order valence-corrected chi connectivity index (χ1v) is 16.3. The monoisotopic (exact) mass is 629 g/mol. The summed E-state index contributed by atoms with van der Waals surface area (Å²) < 4.78 is 49.4. The van der Waals surface area contributed by atoms with E-state index in [0.29, 0.717) is 28.1 Å². The van der Waals surface area contributed by atoms with E-state index < -0.39 is 21.3 Å². The third-order valence-corrected chi connectivity index (χ3v) is 9.73. The molecule has 0 saturated heterocycles. The number of carbonyl (C=O) groups is 1. The van der Waals surface area contributed by atoms with Gasteiger partial charge in [0, 0.05) is 0 Å². The summed E-state index contributed by atoms with van der Waals surface area (Å²) in [6.07, 6.45) is 0.410. The van der Waals surface area contributed by atoms with Crippen molar-refractivity contribution in [2.24, 2.45) is 0 Å². The van der Waals surface area contributed by atoms with Crippen molar-refractivity contribution >= 4 is 38.7 Å². The molecule has 0 unspecified atom stereocenters. The van der Waals surface area contributed by atoms with Crippen LogP contribution in [0, 0.1) is 0 Å². The number of hydrogen-bond donors (Lipinski definition) is 1. The molecule has 4 aromatic carbocycles. The predicted octanol–water partition coefficient (Wildman–Crippen LogP) is 6.23. The van der Waals surface area contributed by atoms with Gasteiger partial charge in [-0.1, -0.05) is 63.2 Å². The molecule has 10 heteroatoms. The Morgan fingerprint density at radius 1 is 0.727 bits per heavy atom. The van der Waals surface area contributed by atoms with Crippen molar-refractivity contribution in [2.45, 2.75) is 49.3 Å². The SMILES string of the molecule is COc1ccc(CC(Cc2ccc(OC)cc2)(C(=O)NS(=O)(=O)c2ccc(C(C)(C)C)cc2)c2ccc3nsnc3c2)cc1. The molecule has 0 bridgehead atoms. The average Bonchev–Trinajstić information content (AvgIpc) is 3.49. The van der Waals surface area contributed by atoms with E-state index in [1.165, 1.54) is 12.1 Å². The highest BCUT2D eigenvalue weighted by molar-refractivity contribution is 7.90. The van der Waals surface area contributed by atoms with Crippen LogP contribution in [0.1, 0.15) is 43.0 Å². The van der Waals surface area contributed by atoms with E-state index in [0.717, 1.165) is 28.4 Å². The smallest absolute Gasteiger partial charge is 0.264 e. The number of benzene rings is 4. The van der Waals surface area contributed by atoms with Gasteiger partial charge in [-0.25, -0.2) is 13.1 Å². The van der Waals surface area contributed by atoms with Crippen molar-refractivity contribution < 1.29 is 22.7 Å². The summed E-state index contributed by atoms with van der Waals surface area (Å²) in [5.41, 5.74) is 3.11. The van der Waals surface area contributed by atoms with Gasteiger partial charge in [0.2, 0.25) is 5.91 Å². The molecular weight excluding hydrogens is 595 g/mol. The van der Waals surface area contributed by atoms with Crippen LogP contribution in [0.25, 0.3) is 11.0 Å². The maximum Gasteiger partial charge on any atom is 0.264 e. The van der Waals surface area contributed by atoms with Gasteiger partial charge in [0.25, 0.3) is 10.0 Å². The molecule has 0 aliphatic heterocycles. The number of ether oxygens (including phenoxy) is 2. The second kappa shape index (κ2) is 12.4. The van der Waals surface area contributed by atoms with Crippen molar-refractivity contribution in [3.63, 3.8) is 0 Å². The van der Waals surface area contributed by atoms with Gasteiger partial charge in [-0.15, -0.1) is 0 Å². The van der Waals surface area contributed by atoms with Crippen molar-refractivity contribution in [1.82, 2.24) is 13.5 Å². The van der Waals surface area contributed by atoms with Gasteiger partial charge in [0.1, 0.15) is 22.5 Å². The molecule has 0 fully saturated rings. The first-order valence-electron chi connectivity index (χ1n) is 14.1. The third-order valence-electron chi connectivity index (χ3n) is 7.83. The lowest BCUT2D eigenvalue weighted by atomic mass is 9.70. The second-order valence-electron chi connectivity index (χ2n) is 11.8. The molecule has 1 heterocycles. The lowest BCUT2D eigenvalue weighted by Gasteiger charge is -2.33. The Kier molecular flexibility index (Phi) is 8.76. The molecule has 8 nitrogen and oxygen atoms in total. The number of nitrogens with one attached hydrogen (secondary N) is 1. The van der Waals surface area contributed by atoms with Crippen molar-refractivity contribution in [2.75, 3.05) is 14.2 Å². The number of fused-ring (bicyclic) bond motifs is 1. The van der Waals surface area contributed by atoms with Crippen molar-refractivity contribution in [3.8, 4) is 11.5 Å². The minimum atomic E-state index is -4.22. The summed E-state index contributed by atoms with van der Waals surface area (Å²) in [4.78, 5) is 14.7. The summed E-state index contributed by atoms with van der Waals surface area (Å²) in [5.74, 6) is 0.706. The van der Waals surface area contributed by atoms with Crippen LogP contribution in [-0.4, -0.2) is 37.3 Å². The topological polar surface area (TPSA) is 107 Å². The molecular formula is C34H35N3O5S2. The molecule has 0 spiro atoms. The number of amides is 1. The summed E-state index contributed by atoms with van der Waals surface area (Å²) in [6.45, 7) is 6.17. The number of sulfonamides is 1. The Labute approximate surface area is 262 Å². The van der Waals surface area contributed by atoms with Crippen LogP contribution in [0.5, 0.6) is 11.5 Å². The average molecular weight is 630 g/mol. The van der Waals surface area contributed by atoms with E-state index in [1.807, 2.05) is 66.7 Å². The second-order valence-corrected chi connectivity index (χ2v) is 14.0. The maximum absolute atomic E-state index is 14.6. The fourth-order valence-electron chi connectivity index (χ4n) is 5.23. The molecule has 0 aliphatic rings. The van der Waals surface area contributed by atoms with Crippen LogP contribution in [0.15, 0.2) is 95.9 Å². The van der Waals surface area contributed by atoms with Gasteiger partial charge in [0.15, 0.2) is 0 Å². The molecule has 1 N–H and O–H groups in total. The Morgan fingerprint density at radius 3 is 1.73 bits per heavy atom. The fourth-order valence-corrected chi connectivity index (χ4v) is 6.80. The van der Waals surface area contributed by atoms with Crippen LogP contribution < -0.4 is 14.2 Å². The number of rotatable bonds is 10. The quantitative estimate of drug-likeness (QED) is 0.195. The molecule has 228 valence electrons. The molecule has 44 heavy (non-hydrogen) atoms. The highest BCUT2D eigenvalue weighted by Crippen LogP contribution is 2.36.